The second kappa shape index (κ2) is 10.7. The fraction of sp³-hybridized carbons (Fsp3) is 0.917. The molecule has 1 rings (SSSR count). The highest BCUT2D eigenvalue weighted by Gasteiger charge is 2.28. The summed E-state index contributed by atoms with van der Waals surface area (Å²) in [5, 5.41) is 0. The van der Waals surface area contributed by atoms with Gasteiger partial charge in [-0.3, -0.25) is 4.79 Å². The number of hydrogen-bond acceptors (Lipinski definition) is 4. The van der Waals surface area contributed by atoms with Crippen LogP contribution >= 0.6 is 24.8 Å². The van der Waals surface area contributed by atoms with E-state index in [-0.39, 0.29) is 37.3 Å². The first-order valence-electron chi connectivity index (χ1n) is 6.35. The van der Waals surface area contributed by atoms with Crippen LogP contribution in [0.4, 0.5) is 0 Å². The van der Waals surface area contributed by atoms with Crippen LogP contribution in [0.1, 0.15) is 19.8 Å². The number of nitrogens with two attached hydrogens (primary N) is 1. The summed E-state index contributed by atoms with van der Waals surface area (Å²) in [5.41, 5.74) is 5.51. The van der Waals surface area contributed by atoms with Gasteiger partial charge in [-0.1, -0.05) is 6.92 Å². The van der Waals surface area contributed by atoms with Gasteiger partial charge in [0.15, 0.2) is 0 Å². The summed E-state index contributed by atoms with van der Waals surface area (Å²) >= 11 is 0. The Morgan fingerprint density at radius 1 is 1.42 bits per heavy atom. The van der Waals surface area contributed by atoms with Crippen molar-refractivity contribution in [1.82, 2.24) is 9.80 Å². The topological polar surface area (TPSA) is 58.8 Å². The Kier molecular flexibility index (Phi) is 11.9. The fourth-order valence-corrected chi connectivity index (χ4v) is 2.33. The van der Waals surface area contributed by atoms with Gasteiger partial charge >= 0.3 is 0 Å². The highest BCUT2D eigenvalue weighted by molar-refractivity contribution is 5.85. The summed E-state index contributed by atoms with van der Waals surface area (Å²) in [6.45, 7) is 5.64. The highest BCUT2D eigenvalue weighted by Crippen LogP contribution is 2.16. The number of carbonyl (C=O) groups excluding carboxylic acids is 1. The number of amides is 1. The van der Waals surface area contributed by atoms with Crippen LogP contribution in [-0.4, -0.2) is 68.2 Å². The summed E-state index contributed by atoms with van der Waals surface area (Å²) in [4.78, 5) is 16.3. The lowest BCUT2D eigenvalue weighted by Gasteiger charge is -2.37. The molecule has 0 bridgehead atoms. The van der Waals surface area contributed by atoms with Gasteiger partial charge in [-0.2, -0.15) is 0 Å². The van der Waals surface area contributed by atoms with E-state index in [9.17, 15) is 4.79 Å². The van der Waals surface area contributed by atoms with Gasteiger partial charge in [0.1, 0.15) is 6.10 Å². The second-order valence-electron chi connectivity index (χ2n) is 4.57. The molecule has 5 nitrogen and oxygen atoms in total. The number of hydrogen-bond donors (Lipinski definition) is 1. The number of likely N-dealkylation sites (N-methyl/N-ethyl adjacent to an activating group) is 1. The molecular weight excluding hydrogens is 289 g/mol. The van der Waals surface area contributed by atoms with E-state index < -0.39 is 6.10 Å². The Morgan fingerprint density at radius 2 is 1.95 bits per heavy atom. The number of carbonyl (C=O) groups is 1. The van der Waals surface area contributed by atoms with E-state index in [1.165, 1.54) is 7.11 Å². The molecule has 0 aromatic heterocycles. The van der Waals surface area contributed by atoms with Gasteiger partial charge in [-0.05, 0) is 19.4 Å². The summed E-state index contributed by atoms with van der Waals surface area (Å²) in [5.74, 6) is 0.00458. The molecule has 19 heavy (non-hydrogen) atoms. The molecule has 0 radical (unpaired) electrons. The molecule has 1 amide bonds. The minimum Gasteiger partial charge on any atom is -0.370 e. The van der Waals surface area contributed by atoms with E-state index in [0.717, 1.165) is 32.5 Å². The van der Waals surface area contributed by atoms with Crippen molar-refractivity contribution in [2.45, 2.75) is 31.9 Å². The number of piperidine rings is 1. The van der Waals surface area contributed by atoms with Gasteiger partial charge < -0.3 is 20.3 Å². The molecule has 116 valence electrons. The third kappa shape index (κ3) is 5.83. The maximum atomic E-state index is 12.1. The monoisotopic (exact) mass is 315 g/mol. The molecule has 0 spiro atoms. The molecule has 2 N–H and O–H groups in total. The number of likely N-dealkylation sites (tertiary alicyclic amines) is 1. The van der Waals surface area contributed by atoms with Crippen LogP contribution in [0.15, 0.2) is 0 Å². The second-order valence-corrected chi connectivity index (χ2v) is 4.57. The summed E-state index contributed by atoms with van der Waals surface area (Å²) in [7, 11) is 3.39. The standard InChI is InChI=1S/C12H25N3O2.2ClH/c1-4-15-7-5-10(6-8-15)14(2)12(16)11(9-13)17-3;;/h10-11H,4-9,13H2,1-3H3;2*1H. The maximum Gasteiger partial charge on any atom is 0.252 e. The van der Waals surface area contributed by atoms with Crippen LogP contribution < -0.4 is 5.73 Å². The molecule has 1 fully saturated rings. The average molecular weight is 316 g/mol. The van der Waals surface area contributed by atoms with Crippen molar-refractivity contribution >= 4 is 30.7 Å². The van der Waals surface area contributed by atoms with E-state index in [1.54, 1.807) is 0 Å². The normalized spacial score (nSPS) is 18.1. The SMILES string of the molecule is CCN1CCC(N(C)C(=O)C(CN)OC)CC1.Cl.Cl. The molecule has 1 aliphatic heterocycles. The fourth-order valence-electron chi connectivity index (χ4n) is 2.33. The molecule has 1 atom stereocenters. The van der Waals surface area contributed by atoms with E-state index in [2.05, 4.69) is 11.8 Å². The Hall–Kier alpha value is -0.0700. The van der Waals surface area contributed by atoms with E-state index in [1.807, 2.05) is 11.9 Å². The lowest BCUT2D eigenvalue weighted by atomic mass is 10.0. The predicted octanol–water partition coefficient (Wildman–Crippen LogP) is 0.746. The molecule has 1 heterocycles. The maximum absolute atomic E-state index is 12.1. The lowest BCUT2D eigenvalue weighted by molar-refractivity contribution is -0.143. The smallest absolute Gasteiger partial charge is 0.252 e. The molecule has 7 heteroatoms. The molecule has 1 unspecified atom stereocenters. The van der Waals surface area contributed by atoms with Crippen LogP contribution in [0.2, 0.25) is 0 Å². The van der Waals surface area contributed by atoms with Crippen molar-refractivity contribution in [1.29, 1.82) is 0 Å². The molecule has 1 aliphatic rings. The zero-order valence-corrected chi connectivity index (χ0v) is 13.6. The van der Waals surface area contributed by atoms with Crippen molar-refractivity contribution in [2.75, 3.05) is 40.3 Å². The number of halogens is 2. The quantitative estimate of drug-likeness (QED) is 0.813. The zero-order valence-electron chi connectivity index (χ0n) is 12.0. The Labute approximate surface area is 128 Å². The Morgan fingerprint density at radius 3 is 2.32 bits per heavy atom. The number of ether oxygens (including phenoxy) is 1. The summed E-state index contributed by atoms with van der Waals surface area (Å²) in [6.07, 6.45) is 1.58. The Bertz CT molecular complexity index is 245. The third-order valence-corrected chi connectivity index (χ3v) is 3.67. The predicted molar refractivity (Wildman–Crippen MR) is 82.3 cm³/mol. The van der Waals surface area contributed by atoms with Crippen molar-refractivity contribution in [2.24, 2.45) is 5.73 Å². The third-order valence-electron chi connectivity index (χ3n) is 3.67. The first-order valence-corrected chi connectivity index (χ1v) is 6.35. The van der Waals surface area contributed by atoms with Gasteiger partial charge in [-0.25, -0.2) is 0 Å². The zero-order chi connectivity index (χ0) is 12.8. The first-order chi connectivity index (χ1) is 8.13. The number of rotatable bonds is 5. The minimum absolute atomic E-state index is 0. The minimum atomic E-state index is -0.496. The van der Waals surface area contributed by atoms with Crippen LogP contribution in [0.3, 0.4) is 0 Å². The van der Waals surface area contributed by atoms with Crippen molar-refractivity contribution in [3.05, 3.63) is 0 Å². The summed E-state index contributed by atoms with van der Waals surface area (Å²) < 4.78 is 5.09. The highest BCUT2D eigenvalue weighted by atomic mass is 35.5. The number of nitrogens with zero attached hydrogens (tertiary/aromatic N) is 2. The molecule has 0 saturated carbocycles. The van der Waals surface area contributed by atoms with Gasteiger partial charge in [0.25, 0.3) is 5.91 Å². The van der Waals surface area contributed by atoms with Crippen LogP contribution in [0, 0.1) is 0 Å². The van der Waals surface area contributed by atoms with E-state index in [0.29, 0.717) is 6.04 Å². The van der Waals surface area contributed by atoms with Crippen LogP contribution in [0.5, 0.6) is 0 Å². The first kappa shape index (κ1) is 21.2. The molecule has 0 aromatic rings. The molecule has 0 aromatic carbocycles. The molecule has 1 saturated heterocycles. The largest absolute Gasteiger partial charge is 0.370 e. The van der Waals surface area contributed by atoms with E-state index >= 15 is 0 Å². The number of methoxy groups -OCH3 is 1. The van der Waals surface area contributed by atoms with Gasteiger partial charge in [0.05, 0.1) is 0 Å². The van der Waals surface area contributed by atoms with Crippen LogP contribution in [-0.2, 0) is 9.53 Å². The summed E-state index contributed by atoms with van der Waals surface area (Å²) in [6, 6.07) is 0.328. The van der Waals surface area contributed by atoms with Crippen molar-refractivity contribution < 1.29 is 9.53 Å². The lowest BCUT2D eigenvalue weighted by Crippen LogP contribution is -2.50. The Balaban J connectivity index is 0. The average Bonchev–Trinajstić information content (AvgIpc) is 2.39. The van der Waals surface area contributed by atoms with Crippen LogP contribution in [0.25, 0.3) is 0 Å². The molecular formula is C12H27Cl2N3O2. The van der Waals surface area contributed by atoms with Crippen molar-refractivity contribution in [3.63, 3.8) is 0 Å². The van der Waals surface area contributed by atoms with E-state index in [4.69, 9.17) is 10.5 Å². The molecule has 0 aliphatic carbocycles. The van der Waals surface area contributed by atoms with Gasteiger partial charge in [-0.15, -0.1) is 24.8 Å². The van der Waals surface area contributed by atoms with Gasteiger partial charge in [0.2, 0.25) is 0 Å². The van der Waals surface area contributed by atoms with Crippen molar-refractivity contribution in [3.8, 4) is 0 Å². The van der Waals surface area contributed by atoms with Gasteiger partial charge in [0, 0.05) is 39.8 Å².